The first kappa shape index (κ1) is 34.7. The fourth-order valence-electron chi connectivity index (χ4n) is 7.19. The molecule has 1 spiro atoms. The molecule has 2 aliphatic carbocycles. The smallest absolute Gasteiger partial charge is 0.303 e. The summed E-state index contributed by atoms with van der Waals surface area (Å²) < 4.78 is 0. The number of piperidine rings is 1. The number of benzene rings is 2. The minimum Gasteiger partial charge on any atom is -0.481 e. The van der Waals surface area contributed by atoms with Gasteiger partial charge in [-0.2, -0.15) is 0 Å². The van der Waals surface area contributed by atoms with Gasteiger partial charge in [-0.15, -0.1) is 0 Å². The summed E-state index contributed by atoms with van der Waals surface area (Å²) in [6, 6.07) is 7.98. The molecule has 1 aliphatic heterocycles. The lowest BCUT2D eigenvalue weighted by atomic mass is 9.77. The van der Waals surface area contributed by atoms with Crippen LogP contribution in [-0.4, -0.2) is 64.8 Å². The zero-order valence-electron chi connectivity index (χ0n) is 26.4. The number of anilines is 1. The van der Waals surface area contributed by atoms with Crippen molar-refractivity contribution in [2.75, 3.05) is 18.4 Å². The predicted octanol–water partition coefficient (Wildman–Crippen LogP) is 5.53. The number of halogens is 2. The molecule has 4 N–H and O–H groups in total. The van der Waals surface area contributed by atoms with Crippen LogP contribution >= 0.6 is 23.2 Å². The molecule has 1 saturated heterocycles. The van der Waals surface area contributed by atoms with Crippen molar-refractivity contribution in [1.29, 1.82) is 0 Å². The number of likely N-dealkylation sites (tertiary alicyclic amines) is 1. The van der Waals surface area contributed by atoms with Crippen LogP contribution in [0.1, 0.15) is 92.1 Å². The molecular formula is C35H42Cl2N4O6. The Bertz CT molecular complexity index is 1500. The van der Waals surface area contributed by atoms with E-state index >= 15 is 0 Å². The van der Waals surface area contributed by atoms with Gasteiger partial charge >= 0.3 is 5.97 Å². The minimum atomic E-state index is -1.10. The fourth-order valence-corrected chi connectivity index (χ4v) is 7.71. The van der Waals surface area contributed by atoms with E-state index in [-0.39, 0.29) is 52.6 Å². The lowest BCUT2D eigenvalue weighted by Crippen LogP contribution is -2.52. The quantitative estimate of drug-likeness (QED) is 0.231. The summed E-state index contributed by atoms with van der Waals surface area (Å²) in [5, 5.41) is 18.1. The summed E-state index contributed by atoms with van der Waals surface area (Å²) >= 11 is 12.2. The van der Waals surface area contributed by atoms with E-state index in [1.807, 2.05) is 12.1 Å². The number of carbonyl (C=O) groups excluding carboxylic acids is 4. The number of carboxylic acids is 1. The number of nitrogens with zero attached hydrogens (tertiary/aromatic N) is 1. The van der Waals surface area contributed by atoms with Crippen LogP contribution in [0, 0.1) is 5.41 Å². The van der Waals surface area contributed by atoms with Crippen molar-refractivity contribution >= 4 is 58.5 Å². The maximum absolute atomic E-state index is 13.8. The van der Waals surface area contributed by atoms with E-state index in [0.717, 1.165) is 32.1 Å². The van der Waals surface area contributed by atoms with Crippen molar-refractivity contribution in [1.82, 2.24) is 15.5 Å². The molecule has 0 radical (unpaired) electrons. The van der Waals surface area contributed by atoms with Crippen LogP contribution < -0.4 is 16.0 Å². The van der Waals surface area contributed by atoms with Gasteiger partial charge in [0.2, 0.25) is 17.7 Å². The molecule has 12 heteroatoms. The summed E-state index contributed by atoms with van der Waals surface area (Å²) in [7, 11) is 0. The van der Waals surface area contributed by atoms with Crippen LogP contribution in [0.4, 0.5) is 5.69 Å². The number of aryl methyl sites for hydroxylation is 2. The molecule has 2 fully saturated rings. The second-order valence-corrected chi connectivity index (χ2v) is 14.0. The second-order valence-electron chi connectivity index (χ2n) is 13.1. The Hall–Kier alpha value is -3.63. The third-order valence-corrected chi connectivity index (χ3v) is 10.3. The third-order valence-electron chi connectivity index (χ3n) is 9.85. The van der Waals surface area contributed by atoms with Gasteiger partial charge in [0, 0.05) is 47.2 Å². The summed E-state index contributed by atoms with van der Waals surface area (Å²) in [4.78, 5) is 66.6. The Kier molecular flexibility index (Phi) is 11.5. The summed E-state index contributed by atoms with van der Waals surface area (Å²) in [5.41, 5.74) is 3.47. The van der Waals surface area contributed by atoms with Crippen LogP contribution in [0.5, 0.6) is 0 Å². The number of hydrogen-bond acceptors (Lipinski definition) is 5. The van der Waals surface area contributed by atoms with E-state index in [1.165, 1.54) is 55.0 Å². The Balaban J connectivity index is 1.25. The van der Waals surface area contributed by atoms with Gasteiger partial charge in [0.25, 0.3) is 5.91 Å². The molecule has 4 amide bonds. The van der Waals surface area contributed by atoms with Crippen LogP contribution in [0.25, 0.3) is 0 Å². The number of carbonyl (C=O) groups is 5. The van der Waals surface area contributed by atoms with Gasteiger partial charge in [0.1, 0.15) is 12.1 Å². The predicted molar refractivity (Wildman–Crippen MR) is 180 cm³/mol. The van der Waals surface area contributed by atoms with Crippen LogP contribution in [0.3, 0.4) is 0 Å². The molecule has 2 aromatic carbocycles. The van der Waals surface area contributed by atoms with Crippen molar-refractivity contribution < 1.29 is 29.1 Å². The van der Waals surface area contributed by atoms with Gasteiger partial charge in [-0.25, -0.2) is 0 Å². The normalized spacial score (nSPS) is 17.9. The average molecular weight is 686 g/mol. The fraction of sp³-hybridized carbons (Fsp3) is 0.514. The molecule has 1 unspecified atom stereocenters. The van der Waals surface area contributed by atoms with Crippen LogP contribution in [0.2, 0.25) is 10.0 Å². The molecular weight excluding hydrogens is 643 g/mol. The van der Waals surface area contributed by atoms with Crippen molar-refractivity contribution in [3.8, 4) is 0 Å². The van der Waals surface area contributed by atoms with E-state index in [1.54, 1.807) is 11.0 Å². The molecule has 0 bridgehead atoms. The zero-order valence-corrected chi connectivity index (χ0v) is 27.9. The van der Waals surface area contributed by atoms with Crippen LogP contribution in [0.15, 0.2) is 36.4 Å². The molecule has 2 aromatic rings. The first-order valence-electron chi connectivity index (χ1n) is 16.5. The molecule has 1 heterocycles. The molecule has 2 atom stereocenters. The highest BCUT2D eigenvalue weighted by Crippen LogP contribution is 2.46. The van der Waals surface area contributed by atoms with E-state index < -0.39 is 35.8 Å². The molecule has 10 nitrogen and oxygen atoms in total. The molecule has 252 valence electrons. The number of amides is 4. The van der Waals surface area contributed by atoms with Crippen molar-refractivity contribution in [2.24, 2.45) is 5.41 Å². The van der Waals surface area contributed by atoms with E-state index in [0.29, 0.717) is 18.8 Å². The van der Waals surface area contributed by atoms with Crippen molar-refractivity contribution in [3.63, 3.8) is 0 Å². The molecule has 0 aromatic heterocycles. The molecule has 1 saturated carbocycles. The highest BCUT2D eigenvalue weighted by atomic mass is 35.5. The van der Waals surface area contributed by atoms with E-state index in [4.69, 9.17) is 23.2 Å². The van der Waals surface area contributed by atoms with Gasteiger partial charge in [-0.05, 0) is 105 Å². The molecule has 5 rings (SSSR count). The number of rotatable bonds is 12. The van der Waals surface area contributed by atoms with Crippen LogP contribution in [-0.2, 0) is 32.0 Å². The van der Waals surface area contributed by atoms with Gasteiger partial charge in [0.15, 0.2) is 0 Å². The first-order chi connectivity index (χ1) is 22.5. The largest absolute Gasteiger partial charge is 0.481 e. The Morgan fingerprint density at radius 3 is 2.13 bits per heavy atom. The first-order valence-corrected chi connectivity index (χ1v) is 17.3. The standard InChI is InChI=1S/C35H42Cl2N4O6/c36-25-18-24(19-26(37)21-25)32(45)40-29(34(47)41-16-14-35(15-17-41)12-1-2-13-35)8-10-30(42)39-28(9-11-31(43)44)33(46)38-27-7-6-22-4-3-5-23(22)20-27/h6-7,18-21,28-29H,1-5,8-17H2,(H,38,46)(H,39,42)(H,40,45)(H,43,44)/t28-,29?/m0/s1. The van der Waals surface area contributed by atoms with Gasteiger partial charge in [-0.1, -0.05) is 42.1 Å². The number of aliphatic carboxylic acids is 1. The van der Waals surface area contributed by atoms with E-state index in [2.05, 4.69) is 16.0 Å². The number of carboxylic acid groups (broad SMARTS) is 1. The van der Waals surface area contributed by atoms with Gasteiger partial charge in [-0.3, -0.25) is 24.0 Å². The van der Waals surface area contributed by atoms with Gasteiger partial charge in [0.05, 0.1) is 0 Å². The Morgan fingerprint density at radius 2 is 1.45 bits per heavy atom. The second kappa shape index (κ2) is 15.5. The Labute approximate surface area is 284 Å². The highest BCUT2D eigenvalue weighted by molar-refractivity contribution is 6.35. The number of nitrogens with one attached hydrogen (secondary N) is 3. The summed E-state index contributed by atoms with van der Waals surface area (Å²) in [5.74, 6) is -2.98. The maximum Gasteiger partial charge on any atom is 0.303 e. The summed E-state index contributed by atoms with van der Waals surface area (Å²) in [6.45, 7) is 1.17. The lowest BCUT2D eigenvalue weighted by molar-refractivity contribution is -0.138. The third kappa shape index (κ3) is 9.26. The summed E-state index contributed by atoms with van der Waals surface area (Å²) in [6.07, 6.45) is 8.94. The van der Waals surface area contributed by atoms with E-state index in [9.17, 15) is 29.1 Å². The molecule has 3 aliphatic rings. The number of fused-ring (bicyclic) bond motifs is 1. The minimum absolute atomic E-state index is 0.0234. The van der Waals surface area contributed by atoms with Gasteiger partial charge < -0.3 is 26.0 Å². The SMILES string of the molecule is O=C(O)CC[C@H](NC(=O)CCC(NC(=O)c1cc(Cl)cc(Cl)c1)C(=O)N1CCC2(CCCC2)CC1)C(=O)Nc1ccc2c(c1)CCC2. The van der Waals surface area contributed by atoms with Crippen molar-refractivity contribution in [2.45, 2.75) is 95.6 Å². The number of hydrogen-bond donors (Lipinski definition) is 4. The maximum atomic E-state index is 13.8. The monoisotopic (exact) mass is 684 g/mol. The molecule has 47 heavy (non-hydrogen) atoms. The van der Waals surface area contributed by atoms with Crippen molar-refractivity contribution in [3.05, 3.63) is 63.1 Å². The average Bonchev–Trinajstić information content (AvgIpc) is 3.70. The zero-order chi connectivity index (χ0) is 33.6. The lowest BCUT2D eigenvalue weighted by Gasteiger charge is -2.40. The topological polar surface area (TPSA) is 145 Å². The highest BCUT2D eigenvalue weighted by Gasteiger charge is 2.39. The Morgan fingerprint density at radius 1 is 0.787 bits per heavy atom.